The third-order valence-electron chi connectivity index (χ3n) is 2.54. The normalized spacial score (nSPS) is 13.9. The Bertz CT molecular complexity index is 355. The molecule has 90 valence electrons. The molecule has 0 fully saturated rings. The maximum Gasteiger partial charge on any atom is 0.0455 e. The van der Waals surface area contributed by atoms with Crippen LogP contribution in [0.3, 0.4) is 0 Å². The van der Waals surface area contributed by atoms with E-state index in [-0.39, 0.29) is 11.5 Å². The second-order valence-corrected chi connectivity index (χ2v) is 5.87. The van der Waals surface area contributed by atoms with Crippen molar-refractivity contribution in [2.45, 2.75) is 33.7 Å². The summed E-state index contributed by atoms with van der Waals surface area (Å²) in [6.07, 6.45) is 0. The van der Waals surface area contributed by atoms with Gasteiger partial charge in [-0.15, -0.1) is 0 Å². The highest BCUT2D eigenvalue weighted by Crippen LogP contribution is 2.37. The van der Waals surface area contributed by atoms with Crippen LogP contribution in [-0.4, -0.2) is 6.54 Å². The highest BCUT2D eigenvalue weighted by Gasteiger charge is 2.27. The van der Waals surface area contributed by atoms with Gasteiger partial charge in [-0.2, -0.15) is 0 Å². The van der Waals surface area contributed by atoms with Crippen LogP contribution >= 0.6 is 23.2 Å². The first-order valence-electron chi connectivity index (χ1n) is 5.54. The van der Waals surface area contributed by atoms with Crippen LogP contribution in [0.1, 0.15) is 39.3 Å². The first-order valence-corrected chi connectivity index (χ1v) is 6.30. The smallest absolute Gasteiger partial charge is 0.0455 e. The fourth-order valence-corrected chi connectivity index (χ4v) is 2.23. The lowest BCUT2D eigenvalue weighted by molar-refractivity contribution is 0.277. The molecular formula is C13H19Cl2N. The number of benzene rings is 1. The summed E-state index contributed by atoms with van der Waals surface area (Å²) in [6.45, 7) is 9.58. The molecule has 0 spiro atoms. The molecule has 1 rings (SSSR count). The SMILES string of the molecule is CCNC(c1cc(Cl)ccc1Cl)C(C)(C)C. The highest BCUT2D eigenvalue weighted by atomic mass is 35.5. The van der Waals surface area contributed by atoms with Gasteiger partial charge in [0.15, 0.2) is 0 Å². The first-order chi connectivity index (χ1) is 7.36. The molecule has 1 unspecified atom stereocenters. The van der Waals surface area contributed by atoms with Crippen LogP contribution < -0.4 is 5.32 Å². The van der Waals surface area contributed by atoms with Gasteiger partial charge in [0.1, 0.15) is 0 Å². The van der Waals surface area contributed by atoms with E-state index in [9.17, 15) is 0 Å². The van der Waals surface area contributed by atoms with Gasteiger partial charge in [-0.25, -0.2) is 0 Å². The molecule has 0 aliphatic carbocycles. The van der Waals surface area contributed by atoms with Gasteiger partial charge < -0.3 is 5.32 Å². The maximum atomic E-state index is 6.23. The third-order valence-corrected chi connectivity index (χ3v) is 3.12. The molecule has 0 saturated carbocycles. The molecule has 0 amide bonds. The minimum atomic E-state index is 0.102. The van der Waals surface area contributed by atoms with Gasteiger partial charge in [-0.1, -0.05) is 50.9 Å². The second kappa shape index (κ2) is 5.39. The van der Waals surface area contributed by atoms with Crippen LogP contribution in [-0.2, 0) is 0 Å². The molecule has 0 aromatic heterocycles. The largest absolute Gasteiger partial charge is 0.310 e. The minimum absolute atomic E-state index is 0.102. The van der Waals surface area contributed by atoms with E-state index >= 15 is 0 Å². The zero-order valence-electron chi connectivity index (χ0n) is 10.3. The van der Waals surface area contributed by atoms with Crippen molar-refractivity contribution < 1.29 is 0 Å². The Balaban J connectivity index is 3.15. The van der Waals surface area contributed by atoms with E-state index in [0.717, 1.165) is 22.2 Å². The van der Waals surface area contributed by atoms with Gasteiger partial charge in [0, 0.05) is 16.1 Å². The zero-order chi connectivity index (χ0) is 12.3. The molecule has 1 N–H and O–H groups in total. The van der Waals surface area contributed by atoms with Gasteiger partial charge in [0.2, 0.25) is 0 Å². The van der Waals surface area contributed by atoms with E-state index in [2.05, 4.69) is 33.0 Å². The summed E-state index contributed by atoms with van der Waals surface area (Å²) in [5, 5.41) is 4.96. The molecule has 3 heteroatoms. The summed E-state index contributed by atoms with van der Waals surface area (Å²) in [6, 6.07) is 5.83. The van der Waals surface area contributed by atoms with Crippen molar-refractivity contribution in [3.63, 3.8) is 0 Å². The number of nitrogens with one attached hydrogen (secondary N) is 1. The Morgan fingerprint density at radius 1 is 1.25 bits per heavy atom. The monoisotopic (exact) mass is 259 g/mol. The van der Waals surface area contributed by atoms with Crippen molar-refractivity contribution in [3.8, 4) is 0 Å². The fraction of sp³-hybridized carbons (Fsp3) is 0.538. The topological polar surface area (TPSA) is 12.0 Å². The molecule has 0 radical (unpaired) electrons. The number of hydrogen-bond donors (Lipinski definition) is 1. The van der Waals surface area contributed by atoms with Crippen molar-refractivity contribution in [1.82, 2.24) is 5.32 Å². The Kier molecular flexibility index (Phi) is 4.66. The zero-order valence-corrected chi connectivity index (χ0v) is 11.8. The molecule has 0 aliphatic heterocycles. The van der Waals surface area contributed by atoms with Crippen molar-refractivity contribution in [3.05, 3.63) is 33.8 Å². The molecule has 16 heavy (non-hydrogen) atoms. The number of hydrogen-bond acceptors (Lipinski definition) is 1. The molecule has 1 atom stereocenters. The minimum Gasteiger partial charge on any atom is -0.310 e. The molecule has 1 aromatic carbocycles. The lowest BCUT2D eigenvalue weighted by Gasteiger charge is -2.32. The summed E-state index contributed by atoms with van der Waals surface area (Å²) >= 11 is 12.3. The van der Waals surface area contributed by atoms with Crippen LogP contribution in [0.5, 0.6) is 0 Å². The molecule has 1 nitrogen and oxygen atoms in total. The second-order valence-electron chi connectivity index (χ2n) is 5.02. The van der Waals surface area contributed by atoms with Crippen LogP contribution in [0, 0.1) is 5.41 Å². The summed E-state index contributed by atoms with van der Waals surface area (Å²) in [7, 11) is 0. The van der Waals surface area contributed by atoms with Gasteiger partial charge in [0.25, 0.3) is 0 Å². The summed E-state index contributed by atoms with van der Waals surface area (Å²) in [5.74, 6) is 0. The summed E-state index contributed by atoms with van der Waals surface area (Å²) < 4.78 is 0. The van der Waals surface area contributed by atoms with Crippen molar-refractivity contribution in [2.24, 2.45) is 5.41 Å². The van der Waals surface area contributed by atoms with Gasteiger partial charge >= 0.3 is 0 Å². The quantitative estimate of drug-likeness (QED) is 0.831. The molecule has 1 aromatic rings. The Hall–Kier alpha value is -0.240. The van der Waals surface area contributed by atoms with Crippen molar-refractivity contribution in [1.29, 1.82) is 0 Å². The third kappa shape index (κ3) is 3.38. The Morgan fingerprint density at radius 3 is 2.38 bits per heavy atom. The van der Waals surface area contributed by atoms with E-state index in [1.54, 1.807) is 0 Å². The maximum absolute atomic E-state index is 6.23. The van der Waals surface area contributed by atoms with E-state index in [1.807, 2.05) is 18.2 Å². The first kappa shape index (κ1) is 13.8. The molecule has 0 heterocycles. The summed E-state index contributed by atoms with van der Waals surface area (Å²) in [5.41, 5.74) is 1.17. The Morgan fingerprint density at radius 2 is 1.88 bits per heavy atom. The molecule has 0 bridgehead atoms. The predicted molar refractivity (Wildman–Crippen MR) is 72.3 cm³/mol. The number of rotatable bonds is 3. The highest BCUT2D eigenvalue weighted by molar-refractivity contribution is 6.33. The van der Waals surface area contributed by atoms with Crippen LogP contribution in [0.25, 0.3) is 0 Å². The predicted octanol–water partition coefficient (Wildman–Crippen LogP) is 4.69. The molecular weight excluding hydrogens is 241 g/mol. The van der Waals surface area contributed by atoms with Crippen LogP contribution in [0.2, 0.25) is 10.0 Å². The standard InChI is InChI=1S/C13H19Cl2N/c1-5-16-12(13(2,3)4)10-8-9(14)6-7-11(10)15/h6-8,12,16H,5H2,1-4H3. The number of halogens is 2. The van der Waals surface area contributed by atoms with Crippen LogP contribution in [0.4, 0.5) is 0 Å². The Labute approximate surface area is 108 Å². The van der Waals surface area contributed by atoms with Gasteiger partial charge in [-0.05, 0) is 35.7 Å². The average molecular weight is 260 g/mol. The van der Waals surface area contributed by atoms with E-state index in [1.165, 1.54) is 0 Å². The fourth-order valence-electron chi connectivity index (χ4n) is 1.82. The molecule has 0 saturated heterocycles. The van der Waals surface area contributed by atoms with Crippen molar-refractivity contribution >= 4 is 23.2 Å². The van der Waals surface area contributed by atoms with Crippen LogP contribution in [0.15, 0.2) is 18.2 Å². The van der Waals surface area contributed by atoms with Crippen molar-refractivity contribution in [2.75, 3.05) is 6.54 Å². The lowest BCUT2D eigenvalue weighted by atomic mass is 9.82. The van der Waals surface area contributed by atoms with E-state index < -0.39 is 0 Å². The van der Waals surface area contributed by atoms with E-state index in [4.69, 9.17) is 23.2 Å². The summed E-state index contributed by atoms with van der Waals surface area (Å²) in [4.78, 5) is 0. The lowest BCUT2D eigenvalue weighted by Crippen LogP contribution is -2.32. The van der Waals surface area contributed by atoms with Gasteiger partial charge in [0.05, 0.1) is 0 Å². The molecule has 0 aliphatic rings. The van der Waals surface area contributed by atoms with E-state index in [0.29, 0.717) is 0 Å². The van der Waals surface area contributed by atoms with Gasteiger partial charge in [-0.3, -0.25) is 0 Å². The average Bonchev–Trinajstić information content (AvgIpc) is 2.17.